The van der Waals surface area contributed by atoms with E-state index in [2.05, 4.69) is 10.6 Å². The van der Waals surface area contributed by atoms with Crippen LogP contribution in [0.1, 0.15) is 28.9 Å². The molecule has 0 spiro atoms. The van der Waals surface area contributed by atoms with Crippen LogP contribution in [0, 0.1) is 0 Å². The molecule has 0 saturated carbocycles. The number of ether oxygens (including phenoxy) is 1. The number of rotatable bonds is 6. The summed E-state index contributed by atoms with van der Waals surface area (Å²) in [5.41, 5.74) is 2.20. The molecule has 1 unspecified atom stereocenters. The van der Waals surface area contributed by atoms with Crippen molar-refractivity contribution < 1.29 is 19.4 Å². The van der Waals surface area contributed by atoms with Gasteiger partial charge >= 0.3 is 6.03 Å². The average molecular weight is 376 g/mol. The third-order valence-corrected chi connectivity index (χ3v) is 4.11. The highest BCUT2D eigenvalue weighted by Crippen LogP contribution is 2.30. The molecule has 6 heteroatoms. The highest BCUT2D eigenvalue weighted by Gasteiger charge is 2.14. The Hall–Kier alpha value is -3.80. The van der Waals surface area contributed by atoms with Gasteiger partial charge in [0.05, 0.1) is 5.56 Å². The number of phenols is 1. The molecule has 0 fully saturated rings. The maximum atomic E-state index is 12.2. The number of anilines is 2. The highest BCUT2D eigenvalue weighted by molar-refractivity contribution is 5.99. The first-order chi connectivity index (χ1) is 13.6. The van der Waals surface area contributed by atoms with Crippen molar-refractivity contribution in [2.45, 2.75) is 13.0 Å². The standard InChI is InChI=1S/C22H20N2O4/c1-15(28-21-12-6-11-20(26)19(21)14-25)16-7-5-10-18(13-16)24-22(27)23-17-8-3-2-4-9-17/h2-15,26H,1H3,(H2,23,24,27). The number of hydrogen-bond donors (Lipinski definition) is 3. The second kappa shape index (κ2) is 8.73. The predicted molar refractivity (Wildman–Crippen MR) is 108 cm³/mol. The van der Waals surface area contributed by atoms with Gasteiger partial charge in [-0.2, -0.15) is 0 Å². The second-order valence-corrected chi connectivity index (χ2v) is 6.14. The number of para-hydroxylation sites is 1. The van der Waals surface area contributed by atoms with Crippen molar-refractivity contribution in [1.29, 1.82) is 0 Å². The van der Waals surface area contributed by atoms with Crippen molar-refractivity contribution >= 4 is 23.7 Å². The zero-order chi connectivity index (χ0) is 19.9. The summed E-state index contributed by atoms with van der Waals surface area (Å²) >= 11 is 0. The summed E-state index contributed by atoms with van der Waals surface area (Å²) in [7, 11) is 0. The molecule has 2 amide bonds. The Labute approximate surface area is 162 Å². The van der Waals surface area contributed by atoms with E-state index >= 15 is 0 Å². The van der Waals surface area contributed by atoms with Crippen LogP contribution in [-0.2, 0) is 0 Å². The number of phenolic OH excluding ortho intramolecular Hbond substituents is 1. The number of aromatic hydroxyl groups is 1. The number of nitrogens with one attached hydrogen (secondary N) is 2. The fraction of sp³-hybridized carbons (Fsp3) is 0.0909. The monoisotopic (exact) mass is 376 g/mol. The van der Waals surface area contributed by atoms with Crippen LogP contribution in [0.15, 0.2) is 72.8 Å². The van der Waals surface area contributed by atoms with Crippen LogP contribution in [0.3, 0.4) is 0 Å². The molecule has 0 aliphatic carbocycles. The molecule has 3 rings (SSSR count). The van der Waals surface area contributed by atoms with Crippen LogP contribution in [0.2, 0.25) is 0 Å². The zero-order valence-corrected chi connectivity index (χ0v) is 15.3. The molecule has 0 radical (unpaired) electrons. The van der Waals surface area contributed by atoms with Crippen LogP contribution >= 0.6 is 0 Å². The van der Waals surface area contributed by atoms with E-state index in [0.717, 1.165) is 5.56 Å². The van der Waals surface area contributed by atoms with E-state index in [4.69, 9.17) is 4.74 Å². The van der Waals surface area contributed by atoms with Gasteiger partial charge in [0.2, 0.25) is 0 Å². The molecular weight excluding hydrogens is 356 g/mol. The summed E-state index contributed by atoms with van der Waals surface area (Å²) in [6.45, 7) is 1.82. The Morgan fingerprint density at radius 2 is 1.64 bits per heavy atom. The molecule has 0 aliphatic rings. The summed E-state index contributed by atoms with van der Waals surface area (Å²) in [4.78, 5) is 23.4. The Bertz CT molecular complexity index is 973. The largest absolute Gasteiger partial charge is 0.507 e. The molecular formula is C22H20N2O4. The third-order valence-electron chi connectivity index (χ3n) is 4.11. The summed E-state index contributed by atoms with van der Waals surface area (Å²) in [5.74, 6) is 0.162. The minimum Gasteiger partial charge on any atom is -0.507 e. The van der Waals surface area contributed by atoms with E-state index in [9.17, 15) is 14.7 Å². The molecule has 1 atom stereocenters. The van der Waals surface area contributed by atoms with Gasteiger partial charge in [-0.1, -0.05) is 36.4 Å². The van der Waals surface area contributed by atoms with Crippen LogP contribution in [0.25, 0.3) is 0 Å². The molecule has 0 saturated heterocycles. The van der Waals surface area contributed by atoms with Crippen molar-refractivity contribution in [3.63, 3.8) is 0 Å². The van der Waals surface area contributed by atoms with Gasteiger partial charge in [-0.15, -0.1) is 0 Å². The first kappa shape index (κ1) is 19.0. The number of carbonyl (C=O) groups is 2. The van der Waals surface area contributed by atoms with E-state index in [1.54, 1.807) is 42.5 Å². The normalized spacial score (nSPS) is 11.3. The number of aldehydes is 1. The van der Waals surface area contributed by atoms with Crippen molar-refractivity contribution in [3.8, 4) is 11.5 Å². The second-order valence-electron chi connectivity index (χ2n) is 6.14. The van der Waals surface area contributed by atoms with Gasteiger partial charge in [0.1, 0.15) is 17.6 Å². The van der Waals surface area contributed by atoms with Crippen LogP contribution in [-0.4, -0.2) is 17.4 Å². The van der Waals surface area contributed by atoms with Crippen molar-refractivity contribution in [2.75, 3.05) is 10.6 Å². The molecule has 0 heterocycles. The molecule has 0 aliphatic heterocycles. The lowest BCUT2D eigenvalue weighted by atomic mass is 10.1. The number of amides is 2. The third kappa shape index (κ3) is 4.67. The predicted octanol–water partition coefficient (Wildman–Crippen LogP) is 4.99. The number of carbonyl (C=O) groups excluding carboxylic acids is 2. The Balaban J connectivity index is 1.69. The van der Waals surface area contributed by atoms with Crippen molar-refractivity contribution in [2.24, 2.45) is 0 Å². The molecule has 6 nitrogen and oxygen atoms in total. The topological polar surface area (TPSA) is 87.7 Å². The lowest BCUT2D eigenvalue weighted by Crippen LogP contribution is -2.19. The number of urea groups is 1. The number of benzene rings is 3. The molecule has 3 aromatic carbocycles. The Morgan fingerprint density at radius 3 is 2.39 bits per heavy atom. The maximum absolute atomic E-state index is 12.2. The van der Waals surface area contributed by atoms with Gasteiger partial charge in [-0.25, -0.2) is 4.79 Å². The molecule has 0 aromatic heterocycles. The van der Waals surface area contributed by atoms with E-state index in [1.165, 1.54) is 6.07 Å². The fourth-order valence-electron chi connectivity index (χ4n) is 2.70. The van der Waals surface area contributed by atoms with Gasteiger partial charge in [-0.3, -0.25) is 4.79 Å². The Kier molecular flexibility index (Phi) is 5.91. The summed E-state index contributed by atoms with van der Waals surface area (Å²) in [5, 5.41) is 15.3. The van der Waals surface area contributed by atoms with Gasteiger partial charge in [0.15, 0.2) is 6.29 Å². The maximum Gasteiger partial charge on any atom is 0.323 e. The van der Waals surface area contributed by atoms with E-state index in [1.807, 2.05) is 31.2 Å². The quantitative estimate of drug-likeness (QED) is 0.529. The minimum atomic E-state index is -0.403. The van der Waals surface area contributed by atoms with Gasteiger partial charge in [0, 0.05) is 11.4 Å². The summed E-state index contributed by atoms with van der Waals surface area (Å²) in [6, 6.07) is 20.7. The SMILES string of the molecule is CC(Oc1cccc(O)c1C=O)c1cccc(NC(=O)Nc2ccccc2)c1. The van der Waals surface area contributed by atoms with Gasteiger partial charge in [0.25, 0.3) is 0 Å². The fourth-order valence-corrected chi connectivity index (χ4v) is 2.70. The van der Waals surface area contributed by atoms with Gasteiger partial charge < -0.3 is 20.5 Å². The first-order valence-corrected chi connectivity index (χ1v) is 8.73. The van der Waals surface area contributed by atoms with E-state index < -0.39 is 6.10 Å². The minimum absolute atomic E-state index is 0.103. The lowest BCUT2D eigenvalue weighted by molar-refractivity contribution is 0.111. The van der Waals surface area contributed by atoms with Crippen molar-refractivity contribution in [1.82, 2.24) is 0 Å². The van der Waals surface area contributed by atoms with Crippen LogP contribution < -0.4 is 15.4 Å². The zero-order valence-electron chi connectivity index (χ0n) is 15.3. The van der Waals surface area contributed by atoms with E-state index in [-0.39, 0.29) is 17.3 Å². The van der Waals surface area contributed by atoms with E-state index in [0.29, 0.717) is 23.4 Å². The first-order valence-electron chi connectivity index (χ1n) is 8.73. The molecule has 142 valence electrons. The molecule has 0 bridgehead atoms. The number of hydrogen-bond acceptors (Lipinski definition) is 4. The van der Waals surface area contributed by atoms with Crippen LogP contribution in [0.5, 0.6) is 11.5 Å². The smallest absolute Gasteiger partial charge is 0.323 e. The Morgan fingerprint density at radius 1 is 0.964 bits per heavy atom. The lowest BCUT2D eigenvalue weighted by Gasteiger charge is -2.18. The summed E-state index contributed by atoms with van der Waals surface area (Å²) in [6.07, 6.45) is 0.156. The highest BCUT2D eigenvalue weighted by atomic mass is 16.5. The summed E-state index contributed by atoms with van der Waals surface area (Å²) < 4.78 is 5.84. The average Bonchev–Trinajstić information content (AvgIpc) is 2.69. The van der Waals surface area contributed by atoms with Crippen molar-refractivity contribution in [3.05, 3.63) is 83.9 Å². The van der Waals surface area contributed by atoms with Gasteiger partial charge in [-0.05, 0) is 48.9 Å². The van der Waals surface area contributed by atoms with Crippen LogP contribution in [0.4, 0.5) is 16.2 Å². The molecule has 3 N–H and O–H groups in total. The molecule has 28 heavy (non-hydrogen) atoms. The molecule has 3 aromatic rings.